The highest BCUT2D eigenvalue weighted by atomic mass is 19.1. The van der Waals surface area contributed by atoms with E-state index >= 15 is 14.0 Å². The average Bonchev–Trinajstić information content (AvgIpc) is 1.52. The van der Waals surface area contributed by atoms with Crippen LogP contribution >= 0.6 is 0 Å². The van der Waals surface area contributed by atoms with Crippen LogP contribution in [0.4, 0.5) is 10.3 Å². The van der Waals surface area contributed by atoms with Gasteiger partial charge in [-0.25, -0.2) is 24.0 Å². The van der Waals surface area contributed by atoms with Crippen molar-refractivity contribution in [1.82, 2.24) is 40.3 Å². The Balaban J connectivity index is 0.968. The number of nitrogen functional groups attached to an aromatic ring is 1. The van der Waals surface area contributed by atoms with Crippen molar-refractivity contribution in [2.75, 3.05) is 67.1 Å². The smallest absolute Gasteiger partial charge is 0.219 e. The second-order valence-electron chi connectivity index (χ2n) is 27.0. The molecule has 2 saturated carbocycles. The van der Waals surface area contributed by atoms with Crippen LogP contribution < -0.4 is 11.2 Å². The van der Waals surface area contributed by atoms with Gasteiger partial charge < -0.3 is 48.5 Å². The summed E-state index contributed by atoms with van der Waals surface area (Å²) in [5.41, 5.74) is 9.15. The summed E-state index contributed by atoms with van der Waals surface area (Å²) in [6, 6.07) is 6.59. The fourth-order valence-electron chi connectivity index (χ4n) is 15.4. The molecule has 6 fully saturated rings. The van der Waals surface area contributed by atoms with E-state index in [2.05, 4.69) is 77.3 Å². The van der Waals surface area contributed by atoms with Gasteiger partial charge in [-0.3, -0.25) is 19.8 Å². The van der Waals surface area contributed by atoms with Crippen LogP contribution in [0.25, 0.3) is 11.1 Å². The lowest BCUT2D eigenvalue weighted by Gasteiger charge is -2.49. The third-order valence-electron chi connectivity index (χ3n) is 21.6. The van der Waals surface area contributed by atoms with Crippen LogP contribution in [0.1, 0.15) is 145 Å². The number of rotatable bonds is 19. The minimum absolute atomic E-state index is 0.00782. The van der Waals surface area contributed by atoms with E-state index in [4.69, 9.17) is 43.6 Å². The molecule has 6 heterocycles. The lowest BCUT2D eigenvalue weighted by molar-refractivity contribution is -0.300. The summed E-state index contributed by atoms with van der Waals surface area (Å²) in [6.45, 7) is 24.2. The molecule has 472 valence electrons. The lowest BCUT2D eigenvalue weighted by atomic mass is 9.71. The molecule has 85 heavy (non-hydrogen) atoms. The molecule has 22 atom stereocenters. The molecule has 0 spiro atoms. The van der Waals surface area contributed by atoms with Gasteiger partial charge in [0, 0.05) is 133 Å². The second-order valence-corrected chi connectivity index (χ2v) is 27.0. The van der Waals surface area contributed by atoms with E-state index in [1.165, 1.54) is 0 Å². The summed E-state index contributed by atoms with van der Waals surface area (Å²) in [5, 5.41) is 11.0. The highest BCUT2D eigenvalue weighted by Gasteiger charge is 2.81. The van der Waals surface area contributed by atoms with Crippen molar-refractivity contribution in [2.24, 2.45) is 46.8 Å². The van der Waals surface area contributed by atoms with E-state index in [1.807, 2.05) is 65.8 Å². The molecule has 1 aromatic carbocycles. The summed E-state index contributed by atoms with van der Waals surface area (Å²) in [5.74, 6) is -2.07. The highest BCUT2D eigenvalue weighted by Crippen LogP contribution is 2.65. The molecular weight excluding hydrogens is 1090 g/mol. The van der Waals surface area contributed by atoms with Crippen LogP contribution in [0.2, 0.25) is 0 Å². The Kier molecular flexibility index (Phi) is 20.3. The van der Waals surface area contributed by atoms with Crippen molar-refractivity contribution < 1.29 is 56.7 Å². The number of aromatic nitrogens is 5. The van der Waals surface area contributed by atoms with Crippen molar-refractivity contribution in [1.29, 1.82) is 0 Å². The first-order chi connectivity index (χ1) is 40.3. The zero-order chi connectivity index (χ0) is 61.5. The number of hydrogen-bond donors (Lipinski definition) is 2. The summed E-state index contributed by atoms with van der Waals surface area (Å²) in [6.07, 6.45) is 4.88. The van der Waals surface area contributed by atoms with E-state index in [9.17, 15) is 4.79 Å². The molecule has 6 aliphatic rings. The topological polar surface area (TPSA) is 226 Å². The van der Waals surface area contributed by atoms with Gasteiger partial charge in [-0.1, -0.05) is 77.9 Å². The molecule has 3 N–H and O–H groups in total. The van der Waals surface area contributed by atoms with E-state index in [0.29, 0.717) is 51.3 Å². The molecule has 0 radical (unpaired) electrons. The molecule has 2 bridgehead atoms. The Labute approximate surface area is 503 Å². The maximum Gasteiger partial charge on any atom is 0.219 e. The molecule has 11 unspecified atom stereocenters. The molecule has 4 aliphatic heterocycles. The number of carbonyl (C=O) groups excluding carboxylic acids is 3. The fraction of sp³-hybridized carbons (Fsp3) is 0.766. The quantitative estimate of drug-likeness (QED) is 0.108. The Hall–Kier alpha value is -4.26. The number of nitrogens with one attached hydrogen (secondary N) is 1. The Morgan fingerprint density at radius 2 is 1.60 bits per heavy atom. The second kappa shape index (κ2) is 26.4. The number of halogens is 1. The number of likely N-dealkylation sites (N-methyl/N-ethyl adjacent to an activating group) is 1. The number of Topliss-reactive ketones (excluding diaryl/α,β-unsaturated/α-hetero) is 3. The summed E-state index contributed by atoms with van der Waals surface area (Å²) in [7, 11) is 7.01. The van der Waals surface area contributed by atoms with Crippen LogP contribution in [-0.4, -0.2) is 179 Å². The van der Waals surface area contributed by atoms with Gasteiger partial charge in [-0.15, -0.1) is 5.10 Å². The number of benzene rings is 1. The number of hydrogen-bond acceptors (Lipinski definition) is 19. The van der Waals surface area contributed by atoms with E-state index in [-0.39, 0.29) is 84.6 Å². The SMILES string of the molecule is COC(c1ccc(-c2cnc(N)nc2)cc1)C(CF)n1cc(CCN(C)C2CC(C)OC(O[C@@H]3[C@@H](C)[C@H](O[C@H]4C[C@@](C)(OC)[C@@H](C)C(C)O4)[C@@H](C)C(=O)C[C@H](C)[C@@]4(C)CC(=O)C5(C(C)C(=O)[C@H](C)C[C@@]3(C)OC)C4N5NCC3CCOC3)C2)nn1. The van der Waals surface area contributed by atoms with Gasteiger partial charge in [0.15, 0.2) is 18.4 Å². The van der Waals surface area contributed by atoms with Gasteiger partial charge in [-0.05, 0) is 82.4 Å². The van der Waals surface area contributed by atoms with Gasteiger partial charge in [0.2, 0.25) is 5.95 Å². The maximum atomic E-state index is 15.3. The number of nitrogens with two attached hydrogens (primary N) is 1. The molecule has 20 nitrogen and oxygen atoms in total. The van der Waals surface area contributed by atoms with Gasteiger partial charge >= 0.3 is 0 Å². The van der Waals surface area contributed by atoms with E-state index in [0.717, 1.165) is 29.5 Å². The molecular formula is C64H98FN9O11. The van der Waals surface area contributed by atoms with E-state index < -0.39 is 89.4 Å². The molecule has 21 heteroatoms. The Bertz CT molecular complexity index is 2760. The van der Waals surface area contributed by atoms with Crippen LogP contribution in [0, 0.1) is 46.8 Å². The van der Waals surface area contributed by atoms with E-state index in [1.54, 1.807) is 44.6 Å². The Morgan fingerprint density at radius 3 is 2.25 bits per heavy atom. The van der Waals surface area contributed by atoms with Crippen molar-refractivity contribution >= 4 is 23.3 Å². The summed E-state index contributed by atoms with van der Waals surface area (Å²) >= 11 is 0. The van der Waals surface area contributed by atoms with Crippen molar-refractivity contribution in [3.63, 3.8) is 0 Å². The maximum absolute atomic E-state index is 15.3. The van der Waals surface area contributed by atoms with Gasteiger partial charge in [0.05, 0.1) is 54.0 Å². The zero-order valence-corrected chi connectivity index (χ0v) is 53.1. The summed E-state index contributed by atoms with van der Waals surface area (Å²) in [4.78, 5) is 56.0. The monoisotopic (exact) mass is 1190 g/mol. The minimum Gasteiger partial charge on any atom is -0.381 e. The summed E-state index contributed by atoms with van der Waals surface area (Å²) < 4.78 is 69.2. The average molecular weight is 1190 g/mol. The first-order valence-corrected chi connectivity index (χ1v) is 31.2. The number of alkyl halides is 1. The van der Waals surface area contributed by atoms with Crippen LogP contribution in [0.3, 0.4) is 0 Å². The lowest BCUT2D eigenvalue weighted by Crippen LogP contribution is -2.58. The van der Waals surface area contributed by atoms with Gasteiger partial charge in [-0.2, -0.15) is 0 Å². The van der Waals surface area contributed by atoms with Crippen molar-refractivity contribution in [3.8, 4) is 11.1 Å². The molecule has 9 rings (SSSR count). The first-order valence-electron chi connectivity index (χ1n) is 31.2. The molecule has 2 aliphatic carbocycles. The largest absolute Gasteiger partial charge is 0.381 e. The first kappa shape index (κ1) is 65.2. The number of anilines is 1. The zero-order valence-electron chi connectivity index (χ0n) is 53.1. The van der Waals surface area contributed by atoms with Crippen LogP contribution in [-0.2, 0) is 58.7 Å². The third kappa shape index (κ3) is 13.0. The number of hydrazine groups is 1. The van der Waals surface area contributed by atoms with Crippen LogP contribution in [0.15, 0.2) is 42.9 Å². The number of carbonyl (C=O) groups is 3. The number of piperidine rings is 1. The number of ketones is 3. The van der Waals surface area contributed by atoms with Gasteiger partial charge in [0.1, 0.15) is 35.9 Å². The Morgan fingerprint density at radius 1 is 0.894 bits per heavy atom. The predicted molar refractivity (Wildman–Crippen MR) is 317 cm³/mol. The van der Waals surface area contributed by atoms with Crippen LogP contribution in [0.5, 0.6) is 0 Å². The van der Waals surface area contributed by atoms with Gasteiger partial charge in [0.25, 0.3) is 0 Å². The molecule has 4 saturated heterocycles. The fourth-order valence-corrected chi connectivity index (χ4v) is 15.4. The normalized spacial score (nSPS) is 40.0. The standard InChI is InChI=1S/C64H98FN9O11/c1-36-27-63(11,80-15)58(85-53-26-49(25-38(3)82-53)72(12)22-20-48-34-73(71-70-48)50(30-65)57(78-13)46-18-16-45(17-19-46)47-32-67-60(66)68-33-47)40(5)56(84-54-29-62(10,79-14)41(6)43(8)83-54)39(4)51(75)24-37(2)61(9)28-52(76)64(42(7)55(36)77)59(61)74(64)69-31-44-21-23-81-35-44/h16-19,32-34,36-44,49-50,53-54,56-59,69H,20-31,35H2,1-15H3,(H2,66,67,68)/t36-,37+,38?,39+,40+,41+,42?,43?,44?,49?,50?,53?,54+,56-,57?,58-,59?,61-,62-,63-,64?,74?/m1/s1. The third-order valence-corrected chi connectivity index (χ3v) is 21.6. The minimum atomic E-state index is -1.15. The predicted octanol–water partition coefficient (Wildman–Crippen LogP) is 7.99. The number of ether oxygens (including phenoxy) is 8. The van der Waals surface area contributed by atoms with Crippen molar-refractivity contribution in [2.45, 2.75) is 205 Å². The molecule has 0 amide bonds. The van der Waals surface area contributed by atoms with Crippen molar-refractivity contribution in [3.05, 3.63) is 54.1 Å². The molecule has 3 aromatic rings. The molecule has 2 aromatic heterocycles. The highest BCUT2D eigenvalue weighted by molar-refractivity contribution is 6.03. The number of methoxy groups -OCH3 is 3. The number of nitrogens with zero attached hydrogens (tertiary/aromatic N) is 7.